The number of fused-ring (bicyclic) bond motifs is 1. The van der Waals surface area contributed by atoms with Crippen LogP contribution in [0.15, 0.2) is 12.1 Å². The van der Waals surface area contributed by atoms with E-state index in [0.717, 1.165) is 5.56 Å². The number of hydrogen-bond acceptors (Lipinski definition) is 4. The van der Waals surface area contributed by atoms with Gasteiger partial charge in [-0.25, -0.2) is 0 Å². The predicted molar refractivity (Wildman–Crippen MR) is 55.8 cm³/mol. The largest absolute Gasteiger partial charge is 0.504 e. The average molecular weight is 209 g/mol. The maximum absolute atomic E-state index is 9.83. The number of aliphatic hydroxyl groups excluding tert-OH is 1. The molecule has 1 aliphatic heterocycles. The van der Waals surface area contributed by atoms with Gasteiger partial charge < -0.3 is 15.3 Å². The molecule has 0 aliphatic carbocycles. The molecule has 0 saturated heterocycles. The summed E-state index contributed by atoms with van der Waals surface area (Å²) in [4.78, 5) is 2.00. The van der Waals surface area contributed by atoms with Crippen LogP contribution >= 0.6 is 0 Å². The van der Waals surface area contributed by atoms with E-state index in [9.17, 15) is 15.3 Å². The number of β-amino-alcohol motifs (C(OH)–C–C–N with tert-alkyl or cyclic N) is 1. The number of nitrogens with zero attached hydrogens (tertiary/aromatic N) is 1. The van der Waals surface area contributed by atoms with Crippen molar-refractivity contribution in [3.63, 3.8) is 0 Å². The van der Waals surface area contributed by atoms with Gasteiger partial charge in [0.05, 0.1) is 6.10 Å². The van der Waals surface area contributed by atoms with Crippen LogP contribution in [0, 0.1) is 0 Å². The molecule has 0 amide bonds. The molecule has 1 aromatic carbocycles. The van der Waals surface area contributed by atoms with Gasteiger partial charge in [-0.3, -0.25) is 4.90 Å². The standard InChI is InChI=1S/C11H15NO3/c1-6-7-3-9(13)10(14)4-8(7)11(15)5-12(6)2/h3-4,6,11,13-15H,5H2,1-2H3. The first-order valence-corrected chi connectivity index (χ1v) is 4.94. The van der Waals surface area contributed by atoms with E-state index in [1.54, 1.807) is 0 Å². The number of benzene rings is 1. The van der Waals surface area contributed by atoms with Crippen LogP contribution in [0.5, 0.6) is 11.5 Å². The minimum atomic E-state index is -0.604. The highest BCUT2D eigenvalue weighted by Gasteiger charge is 2.28. The fourth-order valence-corrected chi connectivity index (χ4v) is 2.03. The lowest BCUT2D eigenvalue weighted by Gasteiger charge is -2.35. The Labute approximate surface area is 88.4 Å². The summed E-state index contributed by atoms with van der Waals surface area (Å²) in [7, 11) is 1.92. The highest BCUT2D eigenvalue weighted by atomic mass is 16.3. The highest BCUT2D eigenvalue weighted by Crippen LogP contribution is 2.39. The topological polar surface area (TPSA) is 63.9 Å². The van der Waals surface area contributed by atoms with E-state index in [-0.39, 0.29) is 17.5 Å². The zero-order valence-electron chi connectivity index (χ0n) is 8.81. The van der Waals surface area contributed by atoms with Crippen LogP contribution in [0.4, 0.5) is 0 Å². The number of aliphatic hydroxyl groups is 1. The fraction of sp³-hybridized carbons (Fsp3) is 0.455. The zero-order valence-corrected chi connectivity index (χ0v) is 8.81. The summed E-state index contributed by atoms with van der Waals surface area (Å²) in [6.45, 7) is 2.54. The molecule has 4 nitrogen and oxygen atoms in total. The summed E-state index contributed by atoms with van der Waals surface area (Å²) in [6, 6.07) is 3.10. The zero-order chi connectivity index (χ0) is 11.2. The van der Waals surface area contributed by atoms with Crippen molar-refractivity contribution in [3.05, 3.63) is 23.3 Å². The molecule has 0 radical (unpaired) electrons. The number of phenolic OH excluding ortho intramolecular Hbond substituents is 2. The van der Waals surface area contributed by atoms with E-state index in [1.165, 1.54) is 12.1 Å². The van der Waals surface area contributed by atoms with Crippen LogP contribution < -0.4 is 0 Å². The molecule has 2 rings (SSSR count). The van der Waals surface area contributed by atoms with E-state index < -0.39 is 6.10 Å². The molecule has 82 valence electrons. The molecule has 0 saturated carbocycles. The van der Waals surface area contributed by atoms with Gasteiger partial charge in [0.2, 0.25) is 0 Å². The summed E-state index contributed by atoms with van der Waals surface area (Å²) >= 11 is 0. The summed E-state index contributed by atoms with van der Waals surface area (Å²) in [6.07, 6.45) is -0.604. The molecule has 0 spiro atoms. The molecule has 0 aromatic heterocycles. The first kappa shape index (κ1) is 10.3. The van der Waals surface area contributed by atoms with Gasteiger partial charge in [0.25, 0.3) is 0 Å². The van der Waals surface area contributed by atoms with Gasteiger partial charge in [0.1, 0.15) is 0 Å². The molecule has 4 heteroatoms. The van der Waals surface area contributed by atoms with E-state index in [1.807, 2.05) is 18.9 Å². The molecular weight excluding hydrogens is 194 g/mol. The van der Waals surface area contributed by atoms with Crippen LogP contribution in [0.2, 0.25) is 0 Å². The molecule has 15 heavy (non-hydrogen) atoms. The van der Waals surface area contributed by atoms with Crippen LogP contribution in [0.25, 0.3) is 0 Å². The summed E-state index contributed by atoms with van der Waals surface area (Å²) in [5.74, 6) is -0.312. The monoisotopic (exact) mass is 209 g/mol. The van der Waals surface area contributed by atoms with Gasteiger partial charge in [0, 0.05) is 12.6 Å². The molecule has 1 heterocycles. The molecule has 1 aromatic rings. The Morgan fingerprint density at radius 2 is 1.73 bits per heavy atom. The predicted octanol–water partition coefficient (Wildman–Crippen LogP) is 1.14. The van der Waals surface area contributed by atoms with Gasteiger partial charge in [-0.1, -0.05) is 0 Å². The third-order valence-electron chi connectivity index (χ3n) is 3.11. The van der Waals surface area contributed by atoms with Crippen molar-refractivity contribution in [3.8, 4) is 11.5 Å². The number of rotatable bonds is 0. The Balaban J connectivity index is 2.56. The van der Waals surface area contributed by atoms with Crippen LogP contribution in [0.3, 0.4) is 0 Å². The summed E-state index contributed by atoms with van der Waals surface area (Å²) in [5, 5.41) is 28.6. The number of likely N-dealkylation sites (N-methyl/N-ethyl adjacent to an activating group) is 1. The lowest BCUT2D eigenvalue weighted by atomic mass is 9.91. The van der Waals surface area contributed by atoms with Crippen LogP contribution in [-0.2, 0) is 0 Å². The quantitative estimate of drug-likeness (QED) is 0.561. The third kappa shape index (κ3) is 1.56. The Morgan fingerprint density at radius 3 is 2.33 bits per heavy atom. The van der Waals surface area contributed by atoms with Gasteiger partial charge >= 0.3 is 0 Å². The van der Waals surface area contributed by atoms with Crippen molar-refractivity contribution >= 4 is 0 Å². The van der Waals surface area contributed by atoms with E-state index >= 15 is 0 Å². The molecule has 1 aliphatic rings. The molecule has 2 atom stereocenters. The third-order valence-corrected chi connectivity index (χ3v) is 3.11. The second-order valence-corrected chi connectivity index (χ2v) is 4.10. The number of aromatic hydroxyl groups is 2. The maximum atomic E-state index is 9.83. The molecular formula is C11H15NO3. The van der Waals surface area contributed by atoms with Crippen molar-refractivity contribution in [2.75, 3.05) is 13.6 Å². The van der Waals surface area contributed by atoms with Gasteiger partial charge in [-0.15, -0.1) is 0 Å². The van der Waals surface area contributed by atoms with E-state index in [2.05, 4.69) is 0 Å². The van der Waals surface area contributed by atoms with Crippen molar-refractivity contribution < 1.29 is 15.3 Å². The molecule has 3 N–H and O–H groups in total. The first-order valence-electron chi connectivity index (χ1n) is 4.94. The Kier molecular flexibility index (Phi) is 2.32. The second kappa shape index (κ2) is 3.40. The lowest BCUT2D eigenvalue weighted by molar-refractivity contribution is 0.0885. The minimum Gasteiger partial charge on any atom is -0.504 e. The molecule has 0 bridgehead atoms. The van der Waals surface area contributed by atoms with Crippen LogP contribution in [0.1, 0.15) is 30.2 Å². The Morgan fingerprint density at radius 1 is 1.20 bits per heavy atom. The van der Waals surface area contributed by atoms with E-state index in [4.69, 9.17) is 0 Å². The summed E-state index contributed by atoms with van der Waals surface area (Å²) < 4.78 is 0. The van der Waals surface area contributed by atoms with Crippen molar-refractivity contribution in [2.45, 2.75) is 19.1 Å². The SMILES string of the molecule is CC1c2cc(O)c(O)cc2C(O)CN1C. The van der Waals surface area contributed by atoms with Gasteiger partial charge in [0.15, 0.2) is 11.5 Å². The maximum Gasteiger partial charge on any atom is 0.157 e. The van der Waals surface area contributed by atoms with Gasteiger partial charge in [-0.05, 0) is 37.2 Å². The lowest BCUT2D eigenvalue weighted by Crippen LogP contribution is -2.33. The number of phenols is 2. The Hall–Kier alpha value is -1.26. The average Bonchev–Trinajstić information content (AvgIpc) is 2.18. The molecule has 2 unspecified atom stereocenters. The molecule has 0 fully saturated rings. The fourth-order valence-electron chi connectivity index (χ4n) is 2.03. The minimum absolute atomic E-state index is 0.134. The van der Waals surface area contributed by atoms with Crippen molar-refractivity contribution in [2.24, 2.45) is 0 Å². The smallest absolute Gasteiger partial charge is 0.157 e. The first-order chi connectivity index (χ1) is 7.00. The van der Waals surface area contributed by atoms with E-state index in [0.29, 0.717) is 12.1 Å². The van der Waals surface area contributed by atoms with Crippen molar-refractivity contribution in [1.29, 1.82) is 0 Å². The summed E-state index contributed by atoms with van der Waals surface area (Å²) in [5.41, 5.74) is 1.57. The highest BCUT2D eigenvalue weighted by molar-refractivity contribution is 5.48. The van der Waals surface area contributed by atoms with Gasteiger partial charge in [-0.2, -0.15) is 0 Å². The van der Waals surface area contributed by atoms with Crippen LogP contribution in [-0.4, -0.2) is 33.8 Å². The Bertz CT molecular complexity index is 392. The van der Waals surface area contributed by atoms with Crippen molar-refractivity contribution in [1.82, 2.24) is 4.90 Å². The second-order valence-electron chi connectivity index (χ2n) is 4.10. The normalized spacial score (nSPS) is 26.3. The number of hydrogen-bond donors (Lipinski definition) is 3.